The van der Waals surface area contributed by atoms with E-state index < -0.39 is 41.4 Å². The standard InChI is InChI=1S/C36H32F6N4O4/c37-24-8-4-21(5-9-24)29(22-6-10-25(38)16-26(39)14-22)17-34(47)45-31-20-44-19-30(40)28(31)3-1-2-27-18-43-12-13-46(27)35(48)23-7-11-32-33(15-23)50-36(41,42)49-32/h4-5,7-11,14-16,19-20,27,29,43H,1-3,6,12-13,17-18H2,(H,45,47). The quantitative estimate of drug-likeness (QED) is 0.217. The number of fused-ring (bicyclic) bond motifs is 1. The molecule has 0 spiro atoms. The molecule has 3 aliphatic rings. The lowest BCUT2D eigenvalue weighted by molar-refractivity contribution is -0.286. The Hall–Kier alpha value is -5.11. The first-order valence-electron chi connectivity index (χ1n) is 16.0. The van der Waals surface area contributed by atoms with Crippen molar-refractivity contribution in [3.8, 4) is 11.5 Å². The third-order valence-electron chi connectivity index (χ3n) is 8.74. The van der Waals surface area contributed by atoms with Gasteiger partial charge in [-0.25, -0.2) is 17.6 Å². The number of benzene rings is 2. The molecule has 0 bridgehead atoms. The minimum absolute atomic E-state index is 0.0119. The van der Waals surface area contributed by atoms with Gasteiger partial charge in [-0.2, -0.15) is 0 Å². The fourth-order valence-electron chi connectivity index (χ4n) is 6.34. The molecule has 3 heterocycles. The van der Waals surface area contributed by atoms with Crippen LogP contribution in [0, 0.1) is 11.6 Å². The molecule has 14 heteroatoms. The number of hydrogen-bond donors (Lipinski definition) is 2. The Kier molecular flexibility index (Phi) is 10.3. The van der Waals surface area contributed by atoms with Crippen molar-refractivity contribution in [1.82, 2.24) is 15.2 Å². The van der Waals surface area contributed by atoms with Gasteiger partial charge in [-0.05, 0) is 73.7 Å². The molecule has 2 N–H and O–H groups in total. The predicted octanol–water partition coefficient (Wildman–Crippen LogP) is 7.27. The van der Waals surface area contributed by atoms with E-state index in [9.17, 15) is 31.5 Å². The number of pyridine rings is 1. The number of aromatic nitrogens is 1. The third kappa shape index (κ3) is 8.19. The van der Waals surface area contributed by atoms with Crippen molar-refractivity contribution in [2.75, 3.05) is 25.0 Å². The lowest BCUT2D eigenvalue weighted by atomic mass is 9.86. The van der Waals surface area contributed by atoms with E-state index in [-0.39, 0.29) is 59.5 Å². The molecule has 50 heavy (non-hydrogen) atoms. The van der Waals surface area contributed by atoms with Crippen LogP contribution in [0.2, 0.25) is 0 Å². The summed E-state index contributed by atoms with van der Waals surface area (Å²) in [6, 6.07) is 8.91. The van der Waals surface area contributed by atoms with Gasteiger partial charge in [0.05, 0.1) is 18.1 Å². The zero-order valence-corrected chi connectivity index (χ0v) is 26.5. The molecule has 2 aromatic carbocycles. The Morgan fingerprint density at radius 1 is 1.00 bits per heavy atom. The Labute approximate surface area is 283 Å². The number of anilines is 1. The summed E-state index contributed by atoms with van der Waals surface area (Å²) in [5.41, 5.74) is 1.38. The summed E-state index contributed by atoms with van der Waals surface area (Å²) in [7, 11) is 0. The van der Waals surface area contributed by atoms with Crippen molar-refractivity contribution < 1.29 is 45.4 Å². The molecule has 8 nitrogen and oxygen atoms in total. The Balaban J connectivity index is 1.13. The lowest BCUT2D eigenvalue weighted by Gasteiger charge is -2.36. The first-order chi connectivity index (χ1) is 24.0. The van der Waals surface area contributed by atoms with E-state index in [1.165, 1.54) is 54.7 Å². The second-order valence-electron chi connectivity index (χ2n) is 12.1. The number of amides is 2. The Morgan fingerprint density at radius 3 is 2.58 bits per heavy atom. The highest BCUT2D eigenvalue weighted by Gasteiger charge is 2.44. The van der Waals surface area contributed by atoms with Gasteiger partial charge < -0.3 is 25.0 Å². The van der Waals surface area contributed by atoms with Crippen LogP contribution in [0.5, 0.6) is 11.5 Å². The molecule has 0 saturated carbocycles. The maximum absolute atomic E-state index is 15.1. The van der Waals surface area contributed by atoms with Crippen LogP contribution < -0.4 is 20.1 Å². The summed E-state index contributed by atoms with van der Waals surface area (Å²) < 4.78 is 93.1. The average molecular weight is 699 g/mol. The van der Waals surface area contributed by atoms with E-state index in [0.29, 0.717) is 43.6 Å². The number of nitrogens with one attached hydrogen (secondary N) is 2. The fraction of sp³-hybridized carbons (Fsp3) is 0.306. The largest absolute Gasteiger partial charge is 0.586 e. The van der Waals surface area contributed by atoms with Crippen LogP contribution in [0.4, 0.5) is 32.0 Å². The molecule has 2 atom stereocenters. The molecule has 1 aromatic heterocycles. The molecule has 2 amide bonds. The van der Waals surface area contributed by atoms with Crippen LogP contribution in [0.25, 0.3) is 0 Å². The number of carbonyl (C=O) groups is 2. The van der Waals surface area contributed by atoms with Crippen LogP contribution in [-0.2, 0) is 11.2 Å². The molecule has 2 unspecified atom stereocenters. The highest BCUT2D eigenvalue weighted by molar-refractivity contribution is 5.95. The van der Waals surface area contributed by atoms with Crippen molar-refractivity contribution in [3.05, 3.63) is 119 Å². The van der Waals surface area contributed by atoms with Crippen LogP contribution >= 0.6 is 0 Å². The second-order valence-corrected chi connectivity index (χ2v) is 12.1. The van der Waals surface area contributed by atoms with Gasteiger partial charge in [0, 0.05) is 55.2 Å². The van der Waals surface area contributed by atoms with Gasteiger partial charge in [-0.15, -0.1) is 8.78 Å². The number of carbonyl (C=O) groups excluding carboxylic acids is 2. The van der Waals surface area contributed by atoms with E-state index in [2.05, 4.69) is 25.1 Å². The Bertz CT molecular complexity index is 1860. The summed E-state index contributed by atoms with van der Waals surface area (Å²) in [6.45, 7) is 1.32. The topological polar surface area (TPSA) is 92.8 Å². The van der Waals surface area contributed by atoms with E-state index >= 15 is 4.39 Å². The highest BCUT2D eigenvalue weighted by atomic mass is 19.3. The molecule has 262 valence electrons. The monoisotopic (exact) mass is 698 g/mol. The van der Waals surface area contributed by atoms with Crippen molar-refractivity contribution in [2.45, 2.75) is 50.4 Å². The molecular weight excluding hydrogens is 666 g/mol. The zero-order valence-electron chi connectivity index (χ0n) is 26.5. The summed E-state index contributed by atoms with van der Waals surface area (Å²) in [5.74, 6) is -4.83. The summed E-state index contributed by atoms with van der Waals surface area (Å²) in [6.07, 6.45) is 2.41. The number of hydrogen-bond acceptors (Lipinski definition) is 6. The SMILES string of the molecule is O=C(CC(C1=CC(F)=CC(F)=CC1)c1ccc(F)cc1)Nc1cncc(F)c1CCCC1CNCCN1C(=O)c1ccc2c(c1)OC(F)(F)O2. The van der Waals surface area contributed by atoms with Crippen molar-refractivity contribution in [1.29, 1.82) is 0 Å². The van der Waals surface area contributed by atoms with Gasteiger partial charge >= 0.3 is 6.29 Å². The van der Waals surface area contributed by atoms with Gasteiger partial charge in [0.2, 0.25) is 5.91 Å². The van der Waals surface area contributed by atoms with Crippen molar-refractivity contribution in [2.24, 2.45) is 0 Å². The minimum atomic E-state index is -3.81. The van der Waals surface area contributed by atoms with Crippen molar-refractivity contribution in [3.63, 3.8) is 0 Å². The first kappa shape index (κ1) is 34.7. The molecule has 1 fully saturated rings. The number of allylic oxidation sites excluding steroid dienone is 6. The number of halogens is 6. The predicted molar refractivity (Wildman–Crippen MR) is 171 cm³/mol. The average Bonchev–Trinajstić information content (AvgIpc) is 3.29. The van der Waals surface area contributed by atoms with Gasteiger partial charge in [-0.1, -0.05) is 17.7 Å². The molecule has 1 aliphatic carbocycles. The number of ether oxygens (including phenoxy) is 2. The number of rotatable bonds is 10. The van der Waals surface area contributed by atoms with Crippen molar-refractivity contribution >= 4 is 17.5 Å². The maximum atomic E-state index is 15.1. The van der Waals surface area contributed by atoms with Gasteiger partial charge in [0.15, 0.2) is 11.5 Å². The van der Waals surface area contributed by atoms with Crippen LogP contribution in [-0.4, -0.2) is 53.7 Å². The molecular formula is C36H32F6N4O4. The molecule has 1 saturated heterocycles. The number of piperazine rings is 1. The zero-order chi connectivity index (χ0) is 35.4. The lowest BCUT2D eigenvalue weighted by Crippen LogP contribution is -2.53. The van der Waals surface area contributed by atoms with E-state index in [4.69, 9.17) is 0 Å². The minimum Gasteiger partial charge on any atom is -0.395 e. The van der Waals surface area contributed by atoms with Crippen LogP contribution in [0.1, 0.15) is 53.1 Å². The molecule has 6 rings (SSSR count). The van der Waals surface area contributed by atoms with E-state index in [0.717, 1.165) is 18.3 Å². The van der Waals surface area contributed by atoms with E-state index in [1.807, 2.05) is 0 Å². The van der Waals surface area contributed by atoms with Crippen LogP contribution in [0.3, 0.4) is 0 Å². The first-order valence-corrected chi connectivity index (χ1v) is 16.0. The normalized spacial score (nSPS) is 18.8. The molecule has 2 aliphatic heterocycles. The number of alkyl halides is 2. The summed E-state index contributed by atoms with van der Waals surface area (Å²) in [4.78, 5) is 32.4. The highest BCUT2D eigenvalue weighted by Crippen LogP contribution is 2.41. The number of nitrogens with zero attached hydrogens (tertiary/aromatic N) is 2. The third-order valence-corrected chi connectivity index (χ3v) is 8.74. The van der Waals surface area contributed by atoms with E-state index in [1.54, 1.807) is 4.90 Å². The fourth-order valence-corrected chi connectivity index (χ4v) is 6.34. The molecule has 3 aromatic rings. The molecule has 0 radical (unpaired) electrons. The Morgan fingerprint density at radius 2 is 1.78 bits per heavy atom. The van der Waals surface area contributed by atoms with Gasteiger partial charge in [0.25, 0.3) is 5.91 Å². The second kappa shape index (κ2) is 14.8. The maximum Gasteiger partial charge on any atom is 0.586 e. The summed E-state index contributed by atoms with van der Waals surface area (Å²) >= 11 is 0. The summed E-state index contributed by atoms with van der Waals surface area (Å²) in [5, 5.41) is 5.94. The van der Waals surface area contributed by atoms with Crippen LogP contribution in [0.15, 0.2) is 90.3 Å². The smallest absolute Gasteiger partial charge is 0.395 e. The van der Waals surface area contributed by atoms with Gasteiger partial charge in [0.1, 0.15) is 23.3 Å². The van der Waals surface area contributed by atoms with Gasteiger partial charge in [-0.3, -0.25) is 14.6 Å².